The molecule has 1 aromatic heterocycles. The molecular weight excluding hydrogens is 320 g/mol. The van der Waals surface area contributed by atoms with Crippen LogP contribution in [0.5, 0.6) is 0 Å². The predicted octanol–water partition coefficient (Wildman–Crippen LogP) is 3.24. The smallest absolute Gasteiger partial charge is 0.269 e. The Labute approximate surface area is 143 Å². The Hall–Kier alpha value is -3.61. The topological polar surface area (TPSA) is 89.2 Å². The highest BCUT2D eigenvalue weighted by Gasteiger charge is 2.26. The number of hydrogen-bond acceptors (Lipinski definition) is 4. The summed E-state index contributed by atoms with van der Waals surface area (Å²) in [5, 5.41) is 17.1. The minimum Gasteiger partial charge on any atom is -0.360 e. The lowest BCUT2D eigenvalue weighted by Crippen LogP contribution is -2.39. The number of anilines is 1. The summed E-state index contributed by atoms with van der Waals surface area (Å²) in [5.74, 6) is -0.143. The van der Waals surface area contributed by atoms with Crippen molar-refractivity contribution in [3.63, 3.8) is 0 Å². The van der Waals surface area contributed by atoms with Crippen molar-refractivity contribution in [2.24, 2.45) is 0 Å². The van der Waals surface area contributed by atoms with Gasteiger partial charge in [-0.1, -0.05) is 12.1 Å². The summed E-state index contributed by atoms with van der Waals surface area (Å²) in [5.41, 5.74) is 3.02. The summed E-state index contributed by atoms with van der Waals surface area (Å²) < 4.78 is 1.88. The zero-order chi connectivity index (χ0) is 17.4. The third-order valence-corrected chi connectivity index (χ3v) is 4.16. The van der Waals surface area contributed by atoms with Gasteiger partial charge in [-0.3, -0.25) is 14.9 Å². The van der Waals surface area contributed by atoms with Crippen molar-refractivity contribution in [1.82, 2.24) is 9.88 Å². The number of hydrogen-bond donors (Lipinski definition) is 2. The monoisotopic (exact) mass is 334 g/mol. The number of carbonyl (C=O) groups is 1. The predicted molar refractivity (Wildman–Crippen MR) is 92.7 cm³/mol. The van der Waals surface area contributed by atoms with E-state index in [2.05, 4.69) is 10.6 Å². The van der Waals surface area contributed by atoms with E-state index >= 15 is 0 Å². The van der Waals surface area contributed by atoms with E-state index in [1.54, 1.807) is 18.2 Å². The van der Waals surface area contributed by atoms with Gasteiger partial charge in [0, 0.05) is 29.7 Å². The number of para-hydroxylation sites is 1. The number of nitro groups is 1. The minimum absolute atomic E-state index is 0.0375. The Bertz CT molecular complexity index is 962. The number of nitro benzene ring substituents is 1. The number of amides is 1. The second-order valence-electron chi connectivity index (χ2n) is 5.67. The second kappa shape index (κ2) is 5.79. The first-order chi connectivity index (χ1) is 12.1. The molecule has 7 heteroatoms. The van der Waals surface area contributed by atoms with Gasteiger partial charge in [0.1, 0.15) is 6.17 Å². The number of nitrogens with zero attached hydrogens (tertiary/aromatic N) is 2. The van der Waals surface area contributed by atoms with E-state index in [0.29, 0.717) is 5.56 Å². The molecule has 0 bridgehead atoms. The van der Waals surface area contributed by atoms with Crippen LogP contribution in [0.15, 0.2) is 66.9 Å². The number of rotatable bonds is 3. The number of aromatic nitrogens is 1. The van der Waals surface area contributed by atoms with Crippen LogP contribution in [-0.2, 0) is 0 Å². The summed E-state index contributed by atoms with van der Waals surface area (Å²) >= 11 is 0. The van der Waals surface area contributed by atoms with Crippen LogP contribution >= 0.6 is 0 Å². The first-order valence-electron chi connectivity index (χ1n) is 7.72. The molecule has 0 saturated heterocycles. The first kappa shape index (κ1) is 14.9. The van der Waals surface area contributed by atoms with E-state index in [0.717, 1.165) is 17.1 Å². The zero-order valence-electron chi connectivity index (χ0n) is 13.0. The van der Waals surface area contributed by atoms with Crippen molar-refractivity contribution in [1.29, 1.82) is 0 Å². The summed E-state index contributed by atoms with van der Waals surface area (Å²) in [7, 11) is 0. The maximum absolute atomic E-state index is 12.3. The van der Waals surface area contributed by atoms with Crippen LogP contribution in [0, 0.1) is 10.1 Å². The Morgan fingerprint density at radius 1 is 0.960 bits per heavy atom. The molecule has 1 unspecified atom stereocenters. The summed E-state index contributed by atoms with van der Waals surface area (Å²) in [4.78, 5) is 22.7. The number of nitrogens with one attached hydrogen (secondary N) is 2. The minimum atomic E-state index is -0.430. The molecule has 124 valence electrons. The molecule has 0 fully saturated rings. The van der Waals surface area contributed by atoms with E-state index in [-0.39, 0.29) is 11.6 Å². The molecule has 2 aromatic carbocycles. The first-order valence-corrected chi connectivity index (χ1v) is 7.72. The van der Waals surface area contributed by atoms with E-state index in [1.165, 1.54) is 12.1 Å². The standard InChI is InChI=1S/C18H14N4O3/c23-18-14-4-1-2-5-15(14)19-17(20-18)16-6-3-11-21(16)12-7-9-13(10-8-12)22(24)25/h1-11,17,19H,(H,20,23). The molecule has 2 heterocycles. The van der Waals surface area contributed by atoms with Crippen LogP contribution in [0.2, 0.25) is 0 Å². The number of benzene rings is 2. The second-order valence-corrected chi connectivity index (χ2v) is 5.67. The molecular formula is C18H14N4O3. The average Bonchev–Trinajstić information content (AvgIpc) is 3.11. The summed E-state index contributed by atoms with van der Waals surface area (Å²) in [6, 6.07) is 17.4. The summed E-state index contributed by atoms with van der Waals surface area (Å²) in [6.07, 6.45) is 1.46. The van der Waals surface area contributed by atoms with E-state index < -0.39 is 11.1 Å². The maximum atomic E-state index is 12.3. The van der Waals surface area contributed by atoms with Gasteiger partial charge in [-0.05, 0) is 36.4 Å². The van der Waals surface area contributed by atoms with Crippen LogP contribution in [0.1, 0.15) is 22.2 Å². The van der Waals surface area contributed by atoms with Crippen molar-refractivity contribution < 1.29 is 9.72 Å². The van der Waals surface area contributed by atoms with Gasteiger partial charge in [0.15, 0.2) is 0 Å². The summed E-state index contributed by atoms with van der Waals surface area (Å²) in [6.45, 7) is 0. The molecule has 1 amide bonds. The maximum Gasteiger partial charge on any atom is 0.269 e. The number of carbonyl (C=O) groups excluding carboxylic acids is 1. The molecule has 2 N–H and O–H groups in total. The fourth-order valence-electron chi connectivity index (χ4n) is 2.95. The fraction of sp³-hybridized carbons (Fsp3) is 0.0556. The van der Waals surface area contributed by atoms with Crippen LogP contribution in [-0.4, -0.2) is 15.4 Å². The number of fused-ring (bicyclic) bond motifs is 1. The van der Waals surface area contributed by atoms with Gasteiger partial charge in [0.2, 0.25) is 0 Å². The van der Waals surface area contributed by atoms with Crippen LogP contribution < -0.4 is 10.6 Å². The highest BCUT2D eigenvalue weighted by molar-refractivity contribution is 6.01. The fourth-order valence-corrected chi connectivity index (χ4v) is 2.95. The molecule has 25 heavy (non-hydrogen) atoms. The Morgan fingerprint density at radius 2 is 1.72 bits per heavy atom. The Kier molecular flexibility index (Phi) is 3.46. The lowest BCUT2D eigenvalue weighted by atomic mass is 10.1. The molecule has 1 aliphatic heterocycles. The van der Waals surface area contributed by atoms with E-state index in [4.69, 9.17) is 0 Å². The SMILES string of the molecule is O=C1NC(c2cccn2-c2ccc([N+](=O)[O-])cc2)Nc2ccccc21. The third kappa shape index (κ3) is 2.61. The van der Waals surface area contributed by atoms with Gasteiger partial charge in [-0.25, -0.2) is 0 Å². The average molecular weight is 334 g/mol. The molecule has 0 saturated carbocycles. The van der Waals surface area contributed by atoms with Crippen molar-refractivity contribution >= 4 is 17.3 Å². The highest BCUT2D eigenvalue weighted by atomic mass is 16.6. The van der Waals surface area contributed by atoms with Crippen LogP contribution in [0.3, 0.4) is 0 Å². The van der Waals surface area contributed by atoms with Gasteiger partial charge in [-0.15, -0.1) is 0 Å². The molecule has 1 aliphatic rings. The quantitative estimate of drug-likeness (QED) is 0.568. The van der Waals surface area contributed by atoms with Crippen molar-refractivity contribution in [3.05, 3.63) is 88.2 Å². The molecule has 0 radical (unpaired) electrons. The van der Waals surface area contributed by atoms with Gasteiger partial charge in [0.05, 0.1) is 16.2 Å². The lowest BCUT2D eigenvalue weighted by molar-refractivity contribution is -0.384. The number of non-ortho nitro benzene ring substituents is 1. The van der Waals surface area contributed by atoms with Crippen LogP contribution in [0.25, 0.3) is 5.69 Å². The van der Waals surface area contributed by atoms with E-state index in [9.17, 15) is 14.9 Å². The third-order valence-electron chi connectivity index (χ3n) is 4.16. The zero-order valence-corrected chi connectivity index (χ0v) is 13.0. The Morgan fingerprint density at radius 3 is 2.48 bits per heavy atom. The van der Waals surface area contributed by atoms with Crippen molar-refractivity contribution in [3.8, 4) is 5.69 Å². The molecule has 0 aliphatic carbocycles. The highest BCUT2D eigenvalue weighted by Crippen LogP contribution is 2.28. The molecule has 3 aromatic rings. The lowest BCUT2D eigenvalue weighted by Gasteiger charge is -2.28. The van der Waals surface area contributed by atoms with Crippen molar-refractivity contribution in [2.45, 2.75) is 6.17 Å². The van der Waals surface area contributed by atoms with Crippen molar-refractivity contribution in [2.75, 3.05) is 5.32 Å². The van der Waals surface area contributed by atoms with Crippen LogP contribution in [0.4, 0.5) is 11.4 Å². The van der Waals surface area contributed by atoms with Gasteiger partial charge < -0.3 is 15.2 Å². The normalized spacial score (nSPS) is 15.8. The van der Waals surface area contributed by atoms with E-state index in [1.807, 2.05) is 41.1 Å². The molecule has 7 nitrogen and oxygen atoms in total. The molecule has 4 rings (SSSR count). The Balaban J connectivity index is 1.69. The van der Waals surface area contributed by atoms with Gasteiger partial charge >= 0.3 is 0 Å². The largest absolute Gasteiger partial charge is 0.360 e. The van der Waals surface area contributed by atoms with Gasteiger partial charge in [-0.2, -0.15) is 0 Å². The molecule has 0 spiro atoms. The molecule has 1 atom stereocenters. The van der Waals surface area contributed by atoms with Gasteiger partial charge in [0.25, 0.3) is 11.6 Å².